The summed E-state index contributed by atoms with van der Waals surface area (Å²) in [4.78, 5) is 10.8. The molecule has 2 aromatic rings. The second kappa shape index (κ2) is 5.13. The lowest BCUT2D eigenvalue weighted by Crippen LogP contribution is -2.30. The van der Waals surface area contributed by atoms with Crippen molar-refractivity contribution in [3.05, 3.63) is 16.7 Å². The molecule has 1 atom stereocenters. The second-order valence-corrected chi connectivity index (χ2v) is 5.16. The van der Waals surface area contributed by atoms with Crippen molar-refractivity contribution in [1.29, 1.82) is 0 Å². The first-order chi connectivity index (χ1) is 8.83. The molecule has 0 saturated carbocycles. The van der Waals surface area contributed by atoms with Gasteiger partial charge < -0.3 is 15.2 Å². The van der Waals surface area contributed by atoms with Crippen molar-refractivity contribution in [3.63, 3.8) is 0 Å². The number of thiazole rings is 1. The Kier molecular flexibility index (Phi) is 3.35. The zero-order valence-electron chi connectivity index (χ0n) is 9.95. The maximum absolute atomic E-state index is 6.10. The Balaban J connectivity index is 1.68. The summed E-state index contributed by atoms with van der Waals surface area (Å²) in [5.74, 6) is 1.01. The van der Waals surface area contributed by atoms with Gasteiger partial charge in [0.1, 0.15) is 5.69 Å². The lowest BCUT2D eigenvalue weighted by atomic mass is 10.3. The van der Waals surface area contributed by atoms with E-state index in [-0.39, 0.29) is 6.04 Å². The topological polar surface area (TPSA) is 81.1 Å². The van der Waals surface area contributed by atoms with Crippen LogP contribution in [0.15, 0.2) is 15.4 Å². The molecule has 1 unspecified atom stereocenters. The fourth-order valence-corrected chi connectivity index (χ4v) is 2.66. The van der Waals surface area contributed by atoms with Crippen LogP contribution in [0.3, 0.4) is 0 Å². The first-order valence-corrected chi connectivity index (χ1v) is 6.97. The molecule has 0 bridgehead atoms. The maximum atomic E-state index is 6.10. The molecule has 18 heavy (non-hydrogen) atoms. The molecule has 2 N–H and O–H groups in total. The molecule has 0 spiro atoms. The predicted octanol–water partition coefficient (Wildman–Crippen LogP) is 1.29. The van der Waals surface area contributed by atoms with E-state index in [9.17, 15) is 0 Å². The van der Waals surface area contributed by atoms with Crippen LogP contribution in [0.25, 0.3) is 11.6 Å². The van der Waals surface area contributed by atoms with Gasteiger partial charge in [-0.15, -0.1) is 11.3 Å². The summed E-state index contributed by atoms with van der Waals surface area (Å²) in [5.41, 5.74) is 8.55. The second-order valence-electron chi connectivity index (χ2n) is 4.45. The van der Waals surface area contributed by atoms with Crippen molar-refractivity contribution in [3.8, 4) is 11.6 Å². The largest absolute Gasteiger partial charge is 0.332 e. The van der Waals surface area contributed by atoms with Crippen molar-refractivity contribution in [2.45, 2.75) is 18.9 Å². The third-order valence-corrected chi connectivity index (χ3v) is 3.66. The first kappa shape index (κ1) is 11.8. The van der Waals surface area contributed by atoms with Gasteiger partial charge in [-0.25, -0.2) is 4.98 Å². The molecule has 0 amide bonds. The summed E-state index contributed by atoms with van der Waals surface area (Å²) in [6, 6.07) is -0.195. The molecule has 3 heterocycles. The van der Waals surface area contributed by atoms with E-state index >= 15 is 0 Å². The predicted molar refractivity (Wildman–Crippen MR) is 68.0 cm³/mol. The van der Waals surface area contributed by atoms with E-state index in [1.807, 2.05) is 5.38 Å². The summed E-state index contributed by atoms with van der Waals surface area (Å²) >= 11 is 1.50. The number of hydrogen-bond acceptors (Lipinski definition) is 7. The van der Waals surface area contributed by atoms with Gasteiger partial charge in [0.15, 0.2) is 5.82 Å². The van der Waals surface area contributed by atoms with Gasteiger partial charge in [-0.2, -0.15) is 4.98 Å². The summed E-state index contributed by atoms with van der Waals surface area (Å²) in [6.07, 6.45) is 2.51. The van der Waals surface area contributed by atoms with Gasteiger partial charge in [-0.3, -0.25) is 0 Å². The Morgan fingerprint density at radius 3 is 3.00 bits per heavy atom. The van der Waals surface area contributed by atoms with Crippen molar-refractivity contribution >= 4 is 11.3 Å². The third-order valence-electron chi connectivity index (χ3n) is 3.08. The highest BCUT2D eigenvalue weighted by molar-refractivity contribution is 7.07. The number of likely N-dealkylation sites (tertiary alicyclic amines) is 1. The number of rotatable bonds is 4. The van der Waals surface area contributed by atoms with Crippen LogP contribution in [0.1, 0.15) is 24.7 Å². The molecule has 0 radical (unpaired) electrons. The maximum Gasteiger partial charge on any atom is 0.277 e. The molecular formula is C11H15N5OS. The molecule has 1 aliphatic heterocycles. The number of nitrogens with two attached hydrogens (primary N) is 1. The van der Waals surface area contributed by atoms with E-state index in [0.29, 0.717) is 17.4 Å². The smallest absolute Gasteiger partial charge is 0.277 e. The van der Waals surface area contributed by atoms with Gasteiger partial charge in [0.2, 0.25) is 0 Å². The fraction of sp³-hybridized carbons (Fsp3) is 0.545. The Labute approximate surface area is 109 Å². The molecule has 96 valence electrons. The minimum atomic E-state index is -0.195. The number of nitrogens with zero attached hydrogens (tertiary/aromatic N) is 4. The highest BCUT2D eigenvalue weighted by Gasteiger charge is 2.20. The van der Waals surface area contributed by atoms with Crippen molar-refractivity contribution in [1.82, 2.24) is 20.0 Å². The van der Waals surface area contributed by atoms with Crippen LogP contribution in [-0.2, 0) is 0 Å². The number of hydrogen-bond donors (Lipinski definition) is 1. The molecule has 7 heteroatoms. The van der Waals surface area contributed by atoms with Crippen LogP contribution in [0, 0.1) is 0 Å². The van der Waals surface area contributed by atoms with Gasteiger partial charge in [0.25, 0.3) is 5.89 Å². The Hall–Kier alpha value is -1.31. The van der Waals surface area contributed by atoms with Crippen molar-refractivity contribution in [2.75, 3.05) is 19.6 Å². The van der Waals surface area contributed by atoms with Crippen LogP contribution < -0.4 is 5.73 Å². The Bertz CT molecular complexity index is 491. The van der Waals surface area contributed by atoms with Crippen molar-refractivity contribution < 1.29 is 4.52 Å². The van der Waals surface area contributed by atoms with Crippen LogP contribution in [0.4, 0.5) is 0 Å². The van der Waals surface area contributed by atoms with Gasteiger partial charge in [-0.1, -0.05) is 5.16 Å². The molecule has 6 nitrogen and oxygen atoms in total. The summed E-state index contributed by atoms with van der Waals surface area (Å²) in [6.45, 7) is 3.02. The average molecular weight is 265 g/mol. The quantitative estimate of drug-likeness (QED) is 0.897. The van der Waals surface area contributed by atoms with Crippen LogP contribution in [0.2, 0.25) is 0 Å². The van der Waals surface area contributed by atoms with Gasteiger partial charge in [0.05, 0.1) is 11.6 Å². The lowest BCUT2D eigenvalue weighted by molar-refractivity contribution is 0.306. The van der Waals surface area contributed by atoms with E-state index in [1.54, 1.807) is 5.51 Å². The standard InChI is InChI=1S/C11H15N5OS/c12-8(5-16-3-1-2-4-16)10-14-11(17-15-10)9-6-18-7-13-9/h6-8H,1-5,12H2. The Morgan fingerprint density at radius 1 is 1.44 bits per heavy atom. The van der Waals surface area contributed by atoms with E-state index < -0.39 is 0 Å². The van der Waals surface area contributed by atoms with Crippen LogP contribution >= 0.6 is 11.3 Å². The Morgan fingerprint density at radius 2 is 2.28 bits per heavy atom. The van der Waals surface area contributed by atoms with E-state index in [0.717, 1.165) is 19.6 Å². The van der Waals surface area contributed by atoms with E-state index in [2.05, 4.69) is 20.0 Å². The third kappa shape index (κ3) is 2.43. The first-order valence-electron chi connectivity index (χ1n) is 6.03. The van der Waals surface area contributed by atoms with Gasteiger partial charge >= 0.3 is 0 Å². The summed E-state index contributed by atoms with van der Waals surface area (Å²) in [7, 11) is 0. The molecule has 2 aromatic heterocycles. The molecule has 0 aliphatic carbocycles. The van der Waals surface area contributed by atoms with Crippen LogP contribution in [-0.4, -0.2) is 39.7 Å². The molecule has 1 saturated heterocycles. The molecular weight excluding hydrogens is 250 g/mol. The highest BCUT2D eigenvalue weighted by atomic mass is 32.1. The van der Waals surface area contributed by atoms with E-state index in [4.69, 9.17) is 10.3 Å². The van der Waals surface area contributed by atoms with Crippen molar-refractivity contribution in [2.24, 2.45) is 5.73 Å². The minimum absolute atomic E-state index is 0.195. The fourth-order valence-electron chi connectivity index (χ4n) is 2.13. The highest BCUT2D eigenvalue weighted by Crippen LogP contribution is 2.19. The summed E-state index contributed by atoms with van der Waals surface area (Å²) in [5, 5.41) is 5.82. The van der Waals surface area contributed by atoms with Gasteiger partial charge in [-0.05, 0) is 25.9 Å². The molecule has 1 aliphatic rings. The minimum Gasteiger partial charge on any atom is -0.332 e. The molecule has 0 aromatic carbocycles. The summed E-state index contributed by atoms with van der Waals surface area (Å²) < 4.78 is 5.18. The average Bonchev–Trinajstić information content (AvgIpc) is 3.11. The van der Waals surface area contributed by atoms with Crippen LogP contribution in [0.5, 0.6) is 0 Å². The lowest BCUT2D eigenvalue weighted by Gasteiger charge is -2.17. The molecule has 3 rings (SSSR count). The number of aromatic nitrogens is 3. The van der Waals surface area contributed by atoms with Gasteiger partial charge in [0, 0.05) is 11.9 Å². The zero-order chi connectivity index (χ0) is 12.4. The monoisotopic (exact) mass is 265 g/mol. The zero-order valence-corrected chi connectivity index (χ0v) is 10.8. The normalized spacial score (nSPS) is 18.3. The van der Waals surface area contributed by atoms with E-state index in [1.165, 1.54) is 24.2 Å². The SMILES string of the molecule is NC(CN1CCCC1)c1noc(-c2cscn2)n1. The molecule has 1 fully saturated rings.